The van der Waals surface area contributed by atoms with E-state index in [1.54, 1.807) is 0 Å². The first-order valence-electron chi connectivity index (χ1n) is 22.1. The van der Waals surface area contributed by atoms with Crippen molar-refractivity contribution in [3.05, 3.63) is 236 Å². The zero-order valence-corrected chi connectivity index (χ0v) is 35.7. The first kappa shape index (κ1) is 37.6. The molecule has 0 amide bonds. The normalized spacial score (nSPS) is 12.7. The van der Waals surface area contributed by atoms with Gasteiger partial charge in [-0.25, -0.2) is 9.97 Å². The highest BCUT2D eigenvalue weighted by Gasteiger charge is 2.37. The van der Waals surface area contributed by atoms with Crippen molar-refractivity contribution in [1.29, 1.82) is 0 Å². The second-order valence-electron chi connectivity index (χ2n) is 17.4. The molecule has 12 rings (SSSR count). The summed E-state index contributed by atoms with van der Waals surface area (Å²) in [4.78, 5) is 10.5. The van der Waals surface area contributed by atoms with Gasteiger partial charge in [0.2, 0.25) is 0 Å². The van der Waals surface area contributed by atoms with Crippen LogP contribution in [-0.4, -0.2) is 14.5 Å². The lowest BCUT2D eigenvalue weighted by Gasteiger charge is -2.24. The van der Waals surface area contributed by atoms with Crippen molar-refractivity contribution in [2.24, 2.45) is 0 Å². The maximum atomic E-state index is 5.27. The predicted octanol–water partition coefficient (Wildman–Crippen LogP) is 15.9. The Hall–Kier alpha value is -8.14. The van der Waals surface area contributed by atoms with Crippen LogP contribution >= 0.6 is 0 Å². The van der Waals surface area contributed by atoms with Crippen molar-refractivity contribution in [3.8, 4) is 84.1 Å². The first-order valence-corrected chi connectivity index (χ1v) is 22.1. The van der Waals surface area contributed by atoms with Crippen LogP contribution in [0.15, 0.2) is 224 Å². The van der Waals surface area contributed by atoms with Crippen LogP contribution in [0.25, 0.3) is 106 Å². The topological polar surface area (TPSA) is 30.7 Å². The summed E-state index contributed by atoms with van der Waals surface area (Å²) in [6.45, 7) is 4.74. The number of aromatic nitrogens is 3. The zero-order chi connectivity index (χ0) is 42.8. The van der Waals surface area contributed by atoms with Gasteiger partial charge in [0, 0.05) is 38.6 Å². The standard InChI is InChI=1S/C61H43N3/c1-61(2)54-29-16-15-26-50(54)52-28-17-27-49(59(52)61)44-31-33-57-53(37-44)51-32-30-45(60-62-55(42-22-11-5-12-23-42)39-56(63-60)43-24-13-6-14-25-43)38-58(51)64(57)48-35-46(40-18-7-3-8-19-40)34-47(36-48)41-20-9-4-10-21-41/h3-39H,1-2H3. The Labute approximate surface area is 373 Å². The smallest absolute Gasteiger partial charge is 0.160 e. The molecule has 1 aliphatic carbocycles. The van der Waals surface area contributed by atoms with Crippen molar-refractivity contribution >= 4 is 21.8 Å². The maximum absolute atomic E-state index is 5.27. The first-order chi connectivity index (χ1) is 31.5. The van der Waals surface area contributed by atoms with Crippen LogP contribution in [0.3, 0.4) is 0 Å². The van der Waals surface area contributed by atoms with E-state index in [4.69, 9.17) is 9.97 Å². The molecule has 0 fully saturated rings. The molecule has 0 unspecified atom stereocenters. The monoisotopic (exact) mass is 817 g/mol. The van der Waals surface area contributed by atoms with E-state index in [1.165, 1.54) is 55.3 Å². The molecule has 1 aliphatic rings. The largest absolute Gasteiger partial charge is 0.309 e. The van der Waals surface area contributed by atoms with E-state index in [0.29, 0.717) is 5.82 Å². The quantitative estimate of drug-likeness (QED) is 0.160. The van der Waals surface area contributed by atoms with Crippen LogP contribution in [0.1, 0.15) is 25.0 Å². The van der Waals surface area contributed by atoms with Crippen LogP contribution in [0.2, 0.25) is 0 Å². The lowest BCUT2D eigenvalue weighted by Crippen LogP contribution is -2.16. The minimum Gasteiger partial charge on any atom is -0.309 e. The second kappa shape index (κ2) is 15.0. The molecular weight excluding hydrogens is 775 g/mol. The molecule has 0 N–H and O–H groups in total. The SMILES string of the molecule is CC1(C)c2ccccc2-c2cccc(-c3ccc4c(c3)c3ccc(-c5nc(-c6ccccc6)cc(-c6ccccc6)n5)cc3n4-c3cc(-c4ccccc4)cc(-c4ccccc4)c3)c21. The van der Waals surface area contributed by atoms with Gasteiger partial charge in [0.1, 0.15) is 0 Å². The van der Waals surface area contributed by atoms with Gasteiger partial charge in [-0.05, 0) is 98.1 Å². The molecule has 0 saturated heterocycles. The number of hydrogen-bond acceptors (Lipinski definition) is 2. The summed E-state index contributed by atoms with van der Waals surface area (Å²) in [6, 6.07) is 80.9. The fraction of sp³-hybridized carbons (Fsp3) is 0.0492. The molecule has 0 aliphatic heterocycles. The van der Waals surface area contributed by atoms with Crippen LogP contribution < -0.4 is 0 Å². The zero-order valence-electron chi connectivity index (χ0n) is 35.7. The fourth-order valence-electron chi connectivity index (χ4n) is 10.1. The van der Waals surface area contributed by atoms with E-state index >= 15 is 0 Å². The van der Waals surface area contributed by atoms with E-state index in [1.807, 2.05) is 12.1 Å². The highest BCUT2D eigenvalue weighted by atomic mass is 15.0. The summed E-state index contributed by atoms with van der Waals surface area (Å²) in [5, 5.41) is 2.37. The van der Waals surface area contributed by atoms with Crippen molar-refractivity contribution in [2.75, 3.05) is 0 Å². The molecular formula is C61H43N3. The third-order valence-electron chi connectivity index (χ3n) is 13.2. The molecule has 3 nitrogen and oxygen atoms in total. The van der Waals surface area contributed by atoms with Gasteiger partial charge in [-0.1, -0.05) is 196 Å². The molecule has 0 saturated carbocycles. The van der Waals surface area contributed by atoms with Gasteiger partial charge in [-0.15, -0.1) is 0 Å². The highest BCUT2D eigenvalue weighted by Crippen LogP contribution is 2.52. The Morgan fingerprint density at radius 2 is 0.875 bits per heavy atom. The summed E-state index contributed by atoms with van der Waals surface area (Å²) in [5.41, 5.74) is 20.6. The molecule has 0 atom stereocenters. The molecule has 302 valence electrons. The average molecular weight is 818 g/mol. The van der Waals surface area contributed by atoms with Crippen LogP contribution in [0.5, 0.6) is 0 Å². The molecule has 9 aromatic carbocycles. The third kappa shape index (κ3) is 6.28. The number of rotatable bonds is 7. The van der Waals surface area contributed by atoms with E-state index in [2.05, 4.69) is 231 Å². The summed E-state index contributed by atoms with van der Waals surface area (Å²) < 4.78 is 2.45. The van der Waals surface area contributed by atoms with Crippen LogP contribution in [0, 0.1) is 0 Å². The number of benzene rings is 9. The van der Waals surface area contributed by atoms with Gasteiger partial charge in [0.15, 0.2) is 5.82 Å². The molecule has 0 spiro atoms. The minimum absolute atomic E-state index is 0.140. The molecule has 3 heteroatoms. The van der Waals surface area contributed by atoms with Crippen LogP contribution in [-0.2, 0) is 5.41 Å². The Bertz CT molecular complexity index is 3440. The lowest BCUT2D eigenvalue weighted by molar-refractivity contribution is 0.662. The molecule has 0 bridgehead atoms. The van der Waals surface area contributed by atoms with Gasteiger partial charge in [-0.3, -0.25) is 0 Å². The van der Waals surface area contributed by atoms with Gasteiger partial charge >= 0.3 is 0 Å². The molecule has 2 aromatic heterocycles. The van der Waals surface area contributed by atoms with Gasteiger partial charge < -0.3 is 4.57 Å². The molecule has 2 heterocycles. The Balaban J connectivity index is 1.12. The molecule has 0 radical (unpaired) electrons. The van der Waals surface area contributed by atoms with E-state index in [0.717, 1.165) is 55.9 Å². The van der Waals surface area contributed by atoms with Crippen LogP contribution in [0.4, 0.5) is 0 Å². The summed E-state index contributed by atoms with van der Waals surface area (Å²) in [7, 11) is 0. The average Bonchev–Trinajstić information content (AvgIpc) is 3.82. The van der Waals surface area contributed by atoms with Crippen molar-refractivity contribution in [2.45, 2.75) is 19.3 Å². The lowest BCUT2D eigenvalue weighted by atomic mass is 9.79. The Kier molecular flexibility index (Phi) is 8.84. The Morgan fingerprint density at radius 3 is 1.50 bits per heavy atom. The number of fused-ring (bicyclic) bond motifs is 6. The number of nitrogens with zero attached hydrogens (tertiary/aromatic N) is 3. The van der Waals surface area contributed by atoms with Gasteiger partial charge in [0.25, 0.3) is 0 Å². The number of hydrogen-bond donors (Lipinski definition) is 0. The second-order valence-corrected chi connectivity index (χ2v) is 17.4. The predicted molar refractivity (Wildman–Crippen MR) is 267 cm³/mol. The maximum Gasteiger partial charge on any atom is 0.160 e. The van der Waals surface area contributed by atoms with E-state index < -0.39 is 0 Å². The third-order valence-corrected chi connectivity index (χ3v) is 13.2. The van der Waals surface area contributed by atoms with E-state index in [9.17, 15) is 0 Å². The molecule has 11 aromatic rings. The minimum atomic E-state index is -0.140. The van der Waals surface area contributed by atoms with Gasteiger partial charge in [0.05, 0.1) is 22.4 Å². The highest BCUT2D eigenvalue weighted by molar-refractivity contribution is 6.12. The summed E-state index contributed by atoms with van der Waals surface area (Å²) in [6.07, 6.45) is 0. The summed E-state index contributed by atoms with van der Waals surface area (Å²) in [5.74, 6) is 0.684. The fourth-order valence-corrected chi connectivity index (χ4v) is 10.1. The van der Waals surface area contributed by atoms with E-state index in [-0.39, 0.29) is 5.41 Å². The Morgan fingerprint density at radius 1 is 0.344 bits per heavy atom. The summed E-state index contributed by atoms with van der Waals surface area (Å²) >= 11 is 0. The van der Waals surface area contributed by atoms with Crippen molar-refractivity contribution in [1.82, 2.24) is 14.5 Å². The van der Waals surface area contributed by atoms with Crippen molar-refractivity contribution < 1.29 is 0 Å². The molecule has 64 heavy (non-hydrogen) atoms. The van der Waals surface area contributed by atoms with Gasteiger partial charge in [-0.2, -0.15) is 0 Å². The van der Waals surface area contributed by atoms with Crippen molar-refractivity contribution in [3.63, 3.8) is 0 Å².